The van der Waals surface area contributed by atoms with Gasteiger partial charge in [-0.05, 0) is 19.8 Å². The Kier molecular flexibility index (Phi) is 2.68. The molecule has 0 radical (unpaired) electrons. The SMILES string of the molecule is Cc1n[nH]c(=O)nc1N1CCC(O)CC1. The van der Waals surface area contributed by atoms with Crippen molar-refractivity contribution < 1.29 is 5.11 Å². The van der Waals surface area contributed by atoms with Gasteiger partial charge in [-0.2, -0.15) is 10.1 Å². The van der Waals surface area contributed by atoms with Crippen molar-refractivity contribution in [1.82, 2.24) is 15.2 Å². The van der Waals surface area contributed by atoms with Crippen LogP contribution in [0, 0.1) is 6.92 Å². The first kappa shape index (κ1) is 10.1. The van der Waals surface area contributed by atoms with Gasteiger partial charge >= 0.3 is 5.69 Å². The second-order valence-corrected chi connectivity index (χ2v) is 3.77. The van der Waals surface area contributed by atoms with Crippen molar-refractivity contribution in [1.29, 1.82) is 0 Å². The predicted molar refractivity (Wildman–Crippen MR) is 54.8 cm³/mol. The lowest BCUT2D eigenvalue weighted by Gasteiger charge is -2.30. The fourth-order valence-corrected chi connectivity index (χ4v) is 1.76. The smallest absolute Gasteiger partial charge is 0.363 e. The monoisotopic (exact) mass is 210 g/mol. The van der Waals surface area contributed by atoms with Crippen LogP contribution in [0.5, 0.6) is 0 Å². The third kappa shape index (κ3) is 2.15. The number of hydrogen-bond donors (Lipinski definition) is 2. The number of hydrogen-bond acceptors (Lipinski definition) is 5. The summed E-state index contributed by atoms with van der Waals surface area (Å²) in [7, 11) is 0. The molecule has 1 aromatic heterocycles. The number of aromatic amines is 1. The molecule has 6 nitrogen and oxygen atoms in total. The van der Waals surface area contributed by atoms with Gasteiger partial charge in [-0.25, -0.2) is 9.89 Å². The molecule has 0 spiro atoms. The topological polar surface area (TPSA) is 82.1 Å². The van der Waals surface area contributed by atoms with Gasteiger partial charge in [-0.15, -0.1) is 0 Å². The Bertz CT molecular complexity index is 395. The Labute approximate surface area is 87.0 Å². The second-order valence-electron chi connectivity index (χ2n) is 3.77. The van der Waals surface area contributed by atoms with Crippen molar-refractivity contribution in [2.45, 2.75) is 25.9 Å². The van der Waals surface area contributed by atoms with E-state index in [0.29, 0.717) is 24.4 Å². The minimum Gasteiger partial charge on any atom is -0.393 e. The summed E-state index contributed by atoms with van der Waals surface area (Å²) in [6.45, 7) is 3.25. The molecular weight excluding hydrogens is 196 g/mol. The molecule has 2 N–H and O–H groups in total. The standard InChI is InChI=1S/C9H14N4O2/c1-6-8(10-9(15)12-11-6)13-4-2-7(14)3-5-13/h7,14H,2-5H2,1H3,(H,10,12,15). The number of anilines is 1. The highest BCUT2D eigenvalue weighted by molar-refractivity contribution is 5.41. The maximum Gasteiger partial charge on any atom is 0.363 e. The number of nitrogens with one attached hydrogen (secondary N) is 1. The maximum absolute atomic E-state index is 11.0. The third-order valence-electron chi connectivity index (χ3n) is 2.61. The first-order valence-corrected chi connectivity index (χ1v) is 5.03. The molecular formula is C9H14N4O2. The summed E-state index contributed by atoms with van der Waals surface area (Å²) in [4.78, 5) is 16.9. The Morgan fingerprint density at radius 3 is 2.80 bits per heavy atom. The Hall–Kier alpha value is -1.43. The van der Waals surface area contributed by atoms with Gasteiger partial charge in [0.25, 0.3) is 0 Å². The van der Waals surface area contributed by atoms with Crippen LogP contribution in [0.3, 0.4) is 0 Å². The summed E-state index contributed by atoms with van der Waals surface area (Å²) >= 11 is 0. The zero-order valence-electron chi connectivity index (χ0n) is 8.60. The molecule has 1 aromatic rings. The molecule has 0 amide bonds. The van der Waals surface area contributed by atoms with E-state index in [1.54, 1.807) is 0 Å². The van der Waals surface area contributed by atoms with E-state index >= 15 is 0 Å². The number of piperidine rings is 1. The van der Waals surface area contributed by atoms with Crippen LogP contribution < -0.4 is 10.6 Å². The van der Waals surface area contributed by atoms with E-state index in [1.165, 1.54) is 0 Å². The number of nitrogens with zero attached hydrogens (tertiary/aromatic N) is 3. The molecule has 1 aliphatic heterocycles. The number of aliphatic hydroxyl groups is 1. The summed E-state index contributed by atoms with van der Waals surface area (Å²) < 4.78 is 0. The molecule has 2 rings (SSSR count). The van der Waals surface area contributed by atoms with Crippen molar-refractivity contribution in [3.05, 3.63) is 16.2 Å². The molecule has 82 valence electrons. The highest BCUT2D eigenvalue weighted by Crippen LogP contribution is 2.18. The van der Waals surface area contributed by atoms with Crippen LogP contribution in [0.4, 0.5) is 5.82 Å². The van der Waals surface area contributed by atoms with Crippen LogP contribution >= 0.6 is 0 Å². The van der Waals surface area contributed by atoms with Crippen molar-refractivity contribution in [3.8, 4) is 0 Å². The molecule has 6 heteroatoms. The van der Waals surface area contributed by atoms with Gasteiger partial charge in [0.1, 0.15) is 5.69 Å². The average Bonchev–Trinajstić information content (AvgIpc) is 2.23. The Morgan fingerprint density at radius 2 is 2.13 bits per heavy atom. The van der Waals surface area contributed by atoms with Crippen LogP contribution in [-0.4, -0.2) is 39.5 Å². The minimum atomic E-state index is -0.429. The summed E-state index contributed by atoms with van der Waals surface area (Å²) in [5, 5.41) is 15.5. The van der Waals surface area contributed by atoms with Crippen LogP contribution in [-0.2, 0) is 0 Å². The predicted octanol–water partition coefficient (Wildman–Crippen LogP) is -0.566. The van der Waals surface area contributed by atoms with E-state index in [2.05, 4.69) is 15.2 Å². The van der Waals surface area contributed by atoms with Crippen molar-refractivity contribution in [2.75, 3.05) is 18.0 Å². The molecule has 2 heterocycles. The highest BCUT2D eigenvalue weighted by atomic mass is 16.3. The third-order valence-corrected chi connectivity index (χ3v) is 2.61. The molecule has 0 atom stereocenters. The minimum absolute atomic E-state index is 0.225. The Morgan fingerprint density at radius 1 is 1.47 bits per heavy atom. The normalized spacial score (nSPS) is 18.1. The van der Waals surface area contributed by atoms with E-state index in [-0.39, 0.29) is 6.10 Å². The molecule has 0 unspecified atom stereocenters. The van der Waals surface area contributed by atoms with E-state index in [1.807, 2.05) is 11.8 Å². The van der Waals surface area contributed by atoms with Gasteiger partial charge in [-0.1, -0.05) is 0 Å². The van der Waals surface area contributed by atoms with Crippen molar-refractivity contribution in [2.24, 2.45) is 0 Å². The fourth-order valence-electron chi connectivity index (χ4n) is 1.76. The Balaban J connectivity index is 2.22. The van der Waals surface area contributed by atoms with E-state index in [0.717, 1.165) is 13.1 Å². The quantitative estimate of drug-likeness (QED) is 0.649. The number of aromatic nitrogens is 3. The zero-order valence-corrected chi connectivity index (χ0v) is 8.60. The van der Waals surface area contributed by atoms with E-state index in [4.69, 9.17) is 0 Å². The molecule has 15 heavy (non-hydrogen) atoms. The number of aryl methyl sites for hydroxylation is 1. The average molecular weight is 210 g/mol. The van der Waals surface area contributed by atoms with Crippen molar-refractivity contribution >= 4 is 5.82 Å². The largest absolute Gasteiger partial charge is 0.393 e. The number of rotatable bonds is 1. The fraction of sp³-hybridized carbons (Fsp3) is 0.667. The van der Waals surface area contributed by atoms with Gasteiger partial charge in [0.2, 0.25) is 0 Å². The lowest BCUT2D eigenvalue weighted by atomic mass is 10.1. The molecule has 1 saturated heterocycles. The zero-order chi connectivity index (χ0) is 10.8. The van der Waals surface area contributed by atoms with E-state index in [9.17, 15) is 9.90 Å². The molecule has 0 aliphatic carbocycles. The molecule has 0 aromatic carbocycles. The summed E-state index contributed by atoms with van der Waals surface area (Å²) in [5.41, 5.74) is 0.285. The number of aliphatic hydroxyl groups excluding tert-OH is 1. The van der Waals surface area contributed by atoms with Crippen LogP contribution in [0.15, 0.2) is 4.79 Å². The second kappa shape index (κ2) is 3.98. The summed E-state index contributed by atoms with van der Waals surface area (Å²) in [6, 6.07) is 0. The van der Waals surface area contributed by atoms with Gasteiger partial charge in [-0.3, -0.25) is 0 Å². The lowest BCUT2D eigenvalue weighted by molar-refractivity contribution is 0.145. The molecule has 0 saturated carbocycles. The highest BCUT2D eigenvalue weighted by Gasteiger charge is 2.20. The van der Waals surface area contributed by atoms with Crippen molar-refractivity contribution in [3.63, 3.8) is 0 Å². The number of H-pyrrole nitrogens is 1. The first-order valence-electron chi connectivity index (χ1n) is 5.03. The van der Waals surface area contributed by atoms with Crippen LogP contribution in [0.2, 0.25) is 0 Å². The summed E-state index contributed by atoms with van der Waals surface area (Å²) in [6.07, 6.45) is 1.21. The van der Waals surface area contributed by atoms with Crippen LogP contribution in [0.1, 0.15) is 18.5 Å². The van der Waals surface area contributed by atoms with Gasteiger partial charge < -0.3 is 10.0 Å². The molecule has 1 aliphatic rings. The molecule has 1 fully saturated rings. The van der Waals surface area contributed by atoms with Gasteiger partial charge in [0.05, 0.1) is 6.10 Å². The van der Waals surface area contributed by atoms with E-state index < -0.39 is 5.69 Å². The lowest BCUT2D eigenvalue weighted by Crippen LogP contribution is -2.38. The van der Waals surface area contributed by atoms with Crippen LogP contribution in [0.25, 0.3) is 0 Å². The molecule has 0 bridgehead atoms. The van der Waals surface area contributed by atoms with Gasteiger partial charge in [0.15, 0.2) is 5.82 Å². The van der Waals surface area contributed by atoms with Gasteiger partial charge in [0, 0.05) is 13.1 Å². The first-order chi connectivity index (χ1) is 7.16. The maximum atomic E-state index is 11.0. The summed E-state index contributed by atoms with van der Waals surface area (Å²) in [5.74, 6) is 0.630.